The number of benzene rings is 2. The molecule has 1 saturated heterocycles. The second kappa shape index (κ2) is 8.87. The van der Waals surface area contributed by atoms with E-state index in [4.69, 9.17) is 9.47 Å². The summed E-state index contributed by atoms with van der Waals surface area (Å²) in [7, 11) is 0. The molecule has 1 aliphatic rings. The summed E-state index contributed by atoms with van der Waals surface area (Å²) in [6.45, 7) is 0.980. The van der Waals surface area contributed by atoms with Crippen molar-refractivity contribution >= 4 is 34.4 Å². The summed E-state index contributed by atoms with van der Waals surface area (Å²) >= 11 is 1.40. The molecule has 0 spiro atoms. The highest BCUT2D eigenvalue weighted by Gasteiger charge is 2.16. The smallest absolute Gasteiger partial charge is 0.316 e. The Kier molecular flexibility index (Phi) is 6.30. The molecule has 25 heavy (non-hydrogen) atoms. The van der Waals surface area contributed by atoms with Gasteiger partial charge in [0.25, 0.3) is 5.91 Å². The van der Waals surface area contributed by atoms with E-state index in [1.807, 2.05) is 42.5 Å². The molecule has 1 aliphatic heterocycles. The third-order valence-corrected chi connectivity index (χ3v) is 4.96. The molecule has 0 aromatic heterocycles. The van der Waals surface area contributed by atoms with Crippen LogP contribution in [0.25, 0.3) is 10.8 Å². The number of hydrogen-bond donors (Lipinski definition) is 1. The van der Waals surface area contributed by atoms with Crippen LogP contribution in [-0.4, -0.2) is 43.5 Å². The number of amides is 1. The van der Waals surface area contributed by atoms with Gasteiger partial charge in [-0.15, -0.1) is 11.8 Å². The monoisotopic (exact) mass is 359 g/mol. The highest BCUT2D eigenvalue weighted by molar-refractivity contribution is 8.00. The molecule has 0 radical (unpaired) electrons. The lowest BCUT2D eigenvalue weighted by molar-refractivity contribution is -0.146. The van der Waals surface area contributed by atoms with Crippen LogP contribution in [0.1, 0.15) is 12.8 Å². The molecular weight excluding hydrogens is 338 g/mol. The lowest BCUT2D eigenvalue weighted by atomic mass is 10.1. The number of esters is 1. The van der Waals surface area contributed by atoms with E-state index in [2.05, 4.69) is 5.32 Å². The number of carbonyl (C=O) groups excluding carboxylic acids is 2. The van der Waals surface area contributed by atoms with Gasteiger partial charge in [0.15, 0.2) is 6.61 Å². The van der Waals surface area contributed by atoms with Crippen LogP contribution in [0.2, 0.25) is 0 Å². The molecule has 1 fully saturated rings. The van der Waals surface area contributed by atoms with E-state index >= 15 is 0 Å². The minimum absolute atomic E-state index is 0.0862. The molecule has 0 aliphatic carbocycles. The fourth-order valence-electron chi connectivity index (χ4n) is 2.67. The number of fused-ring (bicyclic) bond motifs is 1. The molecule has 1 atom stereocenters. The number of rotatable bonds is 7. The van der Waals surface area contributed by atoms with Gasteiger partial charge in [0.1, 0.15) is 0 Å². The normalized spacial score (nSPS) is 16.7. The number of thioether (sulfide) groups is 1. The summed E-state index contributed by atoms with van der Waals surface area (Å²) < 4.78 is 10.4. The van der Waals surface area contributed by atoms with Gasteiger partial charge in [-0.2, -0.15) is 0 Å². The topological polar surface area (TPSA) is 64.6 Å². The standard InChI is InChI=1S/C19H21NO4S/c21-18(20-11-16-6-3-9-23-16)12-24-19(22)13-25-17-8-7-14-4-1-2-5-15(14)10-17/h1-2,4-5,7-8,10,16H,3,6,9,11-13H2,(H,20,21)/t16-/m0/s1. The van der Waals surface area contributed by atoms with Crippen molar-refractivity contribution in [2.45, 2.75) is 23.8 Å². The van der Waals surface area contributed by atoms with Crippen molar-refractivity contribution in [2.75, 3.05) is 25.5 Å². The zero-order valence-corrected chi connectivity index (χ0v) is 14.7. The number of carbonyl (C=O) groups is 2. The molecule has 1 amide bonds. The van der Waals surface area contributed by atoms with E-state index in [0.717, 1.165) is 35.1 Å². The molecular formula is C19H21NO4S. The summed E-state index contributed by atoms with van der Waals surface area (Å²) in [5, 5.41) is 5.02. The van der Waals surface area contributed by atoms with Crippen molar-refractivity contribution in [1.82, 2.24) is 5.32 Å². The van der Waals surface area contributed by atoms with Crippen molar-refractivity contribution in [1.29, 1.82) is 0 Å². The summed E-state index contributed by atoms with van der Waals surface area (Å²) in [4.78, 5) is 24.5. The van der Waals surface area contributed by atoms with Gasteiger partial charge in [-0.05, 0) is 35.7 Å². The zero-order chi connectivity index (χ0) is 17.5. The maximum absolute atomic E-state index is 11.8. The first kappa shape index (κ1) is 17.8. The second-order valence-electron chi connectivity index (χ2n) is 5.90. The molecule has 0 unspecified atom stereocenters. The molecule has 6 heteroatoms. The SMILES string of the molecule is O=C(COC(=O)CSc1ccc2ccccc2c1)NC[C@@H]1CCCO1. The first-order valence-electron chi connectivity index (χ1n) is 8.36. The first-order chi connectivity index (χ1) is 12.2. The van der Waals surface area contributed by atoms with E-state index in [1.54, 1.807) is 0 Å². The average Bonchev–Trinajstić information content (AvgIpc) is 3.16. The summed E-state index contributed by atoms with van der Waals surface area (Å²) in [5.74, 6) is -0.512. The largest absolute Gasteiger partial charge is 0.455 e. The molecule has 1 N–H and O–H groups in total. The quantitative estimate of drug-likeness (QED) is 0.608. The van der Waals surface area contributed by atoms with Crippen LogP contribution in [0.4, 0.5) is 0 Å². The van der Waals surface area contributed by atoms with E-state index in [9.17, 15) is 9.59 Å². The fourth-order valence-corrected chi connectivity index (χ4v) is 3.41. The van der Waals surface area contributed by atoms with Gasteiger partial charge in [0.2, 0.25) is 0 Å². The van der Waals surface area contributed by atoms with Crippen molar-refractivity contribution < 1.29 is 19.1 Å². The Labute approximate surface area is 151 Å². The van der Waals surface area contributed by atoms with Crippen molar-refractivity contribution in [3.05, 3.63) is 42.5 Å². The molecule has 2 aromatic rings. The van der Waals surface area contributed by atoms with Gasteiger partial charge >= 0.3 is 5.97 Å². The van der Waals surface area contributed by atoms with Gasteiger partial charge in [-0.25, -0.2) is 0 Å². The number of ether oxygens (including phenoxy) is 2. The number of hydrogen-bond acceptors (Lipinski definition) is 5. The summed E-state index contributed by atoms with van der Waals surface area (Å²) in [5.41, 5.74) is 0. The third kappa shape index (κ3) is 5.47. The average molecular weight is 359 g/mol. The Hall–Kier alpha value is -2.05. The minimum Gasteiger partial charge on any atom is -0.455 e. The van der Waals surface area contributed by atoms with E-state index in [-0.39, 0.29) is 24.4 Å². The number of nitrogens with one attached hydrogen (secondary N) is 1. The highest BCUT2D eigenvalue weighted by atomic mass is 32.2. The van der Waals surface area contributed by atoms with Crippen molar-refractivity contribution in [3.8, 4) is 0 Å². The molecule has 3 rings (SSSR count). The Bertz CT molecular complexity index is 743. The lowest BCUT2D eigenvalue weighted by Crippen LogP contribution is -2.35. The zero-order valence-electron chi connectivity index (χ0n) is 13.9. The predicted octanol–water partition coefficient (Wildman–Crippen LogP) is 2.77. The van der Waals surface area contributed by atoms with Gasteiger partial charge in [-0.1, -0.05) is 30.3 Å². The Morgan fingerprint density at radius 1 is 1.20 bits per heavy atom. The summed E-state index contributed by atoms with van der Waals surface area (Å²) in [6.07, 6.45) is 2.08. The Morgan fingerprint density at radius 3 is 2.84 bits per heavy atom. The van der Waals surface area contributed by atoms with Crippen LogP contribution in [0, 0.1) is 0 Å². The van der Waals surface area contributed by atoms with Crippen LogP contribution in [-0.2, 0) is 19.1 Å². The van der Waals surface area contributed by atoms with Gasteiger partial charge in [0.05, 0.1) is 11.9 Å². The molecule has 2 aromatic carbocycles. The maximum atomic E-state index is 11.8. The van der Waals surface area contributed by atoms with E-state index in [1.165, 1.54) is 11.8 Å². The van der Waals surface area contributed by atoms with Crippen LogP contribution in [0.15, 0.2) is 47.4 Å². The van der Waals surface area contributed by atoms with E-state index < -0.39 is 5.97 Å². The van der Waals surface area contributed by atoms with E-state index in [0.29, 0.717) is 6.54 Å². The fraction of sp³-hybridized carbons (Fsp3) is 0.368. The second-order valence-corrected chi connectivity index (χ2v) is 6.95. The van der Waals surface area contributed by atoms with Crippen LogP contribution in [0.3, 0.4) is 0 Å². The van der Waals surface area contributed by atoms with Crippen molar-refractivity contribution in [2.24, 2.45) is 0 Å². The summed E-state index contributed by atoms with van der Waals surface area (Å²) in [6, 6.07) is 14.1. The Balaban J connectivity index is 1.37. The molecule has 0 bridgehead atoms. The maximum Gasteiger partial charge on any atom is 0.316 e. The molecule has 1 heterocycles. The van der Waals surface area contributed by atoms with Gasteiger partial charge in [0, 0.05) is 18.0 Å². The molecule has 132 valence electrons. The predicted molar refractivity (Wildman–Crippen MR) is 97.6 cm³/mol. The Morgan fingerprint density at radius 2 is 2.04 bits per heavy atom. The third-order valence-electron chi connectivity index (χ3n) is 3.99. The first-order valence-corrected chi connectivity index (χ1v) is 9.35. The van der Waals surface area contributed by atoms with Crippen LogP contribution in [0.5, 0.6) is 0 Å². The highest BCUT2D eigenvalue weighted by Crippen LogP contribution is 2.23. The molecule has 5 nitrogen and oxygen atoms in total. The van der Waals surface area contributed by atoms with Crippen molar-refractivity contribution in [3.63, 3.8) is 0 Å². The minimum atomic E-state index is -0.398. The van der Waals surface area contributed by atoms with Crippen LogP contribution >= 0.6 is 11.8 Å². The lowest BCUT2D eigenvalue weighted by Gasteiger charge is -2.11. The molecule has 0 saturated carbocycles. The van der Waals surface area contributed by atoms with Crippen LogP contribution < -0.4 is 5.32 Å². The van der Waals surface area contributed by atoms with Gasteiger partial charge < -0.3 is 14.8 Å². The van der Waals surface area contributed by atoms with Gasteiger partial charge in [-0.3, -0.25) is 9.59 Å².